The number of benzene rings is 2. The summed E-state index contributed by atoms with van der Waals surface area (Å²) >= 11 is 5.20. The summed E-state index contributed by atoms with van der Waals surface area (Å²) in [5.74, 6) is -2.04. The van der Waals surface area contributed by atoms with Gasteiger partial charge in [-0.2, -0.15) is 0 Å². The second-order valence-electron chi connectivity index (χ2n) is 6.14. The van der Waals surface area contributed by atoms with Crippen LogP contribution in [0.2, 0.25) is 0 Å². The Bertz CT molecular complexity index is 938. The normalized spacial score (nSPS) is 16.3. The highest BCUT2D eigenvalue weighted by atomic mass is 32.1. The lowest BCUT2D eigenvalue weighted by Gasteiger charge is -2.24. The Morgan fingerprint density at radius 1 is 1.14 bits per heavy atom. The number of thiocarbonyl (C=S) groups is 1. The van der Waals surface area contributed by atoms with Crippen molar-refractivity contribution in [2.75, 3.05) is 12.4 Å². The van der Waals surface area contributed by atoms with Crippen LogP contribution < -0.4 is 10.7 Å². The van der Waals surface area contributed by atoms with Crippen LogP contribution in [-0.2, 0) is 9.59 Å². The monoisotopic (exact) mass is 400 g/mol. The maximum atomic E-state index is 13.4. The largest absolute Gasteiger partial charge is 0.326 e. The molecule has 1 atom stereocenters. The van der Waals surface area contributed by atoms with Crippen molar-refractivity contribution in [1.29, 1.82) is 0 Å². The third kappa shape index (κ3) is 4.15. The SMILES string of the molecule is CN1C(=O)C(CC(=O)Nc2ccccc2)N(NC(=O)c2cccc(F)c2)C1=S. The third-order valence-corrected chi connectivity index (χ3v) is 4.64. The van der Waals surface area contributed by atoms with E-state index in [1.165, 1.54) is 30.1 Å². The lowest BCUT2D eigenvalue weighted by molar-refractivity contribution is -0.130. The van der Waals surface area contributed by atoms with Crippen LogP contribution in [0.25, 0.3) is 0 Å². The van der Waals surface area contributed by atoms with Crippen LogP contribution in [-0.4, -0.2) is 45.8 Å². The first kappa shape index (κ1) is 19.4. The maximum Gasteiger partial charge on any atom is 0.269 e. The van der Waals surface area contributed by atoms with Gasteiger partial charge in [0.25, 0.3) is 11.8 Å². The van der Waals surface area contributed by atoms with Crippen LogP contribution in [0.3, 0.4) is 0 Å². The molecule has 1 fully saturated rings. The zero-order valence-corrected chi connectivity index (χ0v) is 15.7. The molecular formula is C19H17FN4O3S. The highest BCUT2D eigenvalue weighted by Gasteiger charge is 2.42. The summed E-state index contributed by atoms with van der Waals surface area (Å²) in [4.78, 5) is 38.5. The van der Waals surface area contributed by atoms with Crippen molar-refractivity contribution < 1.29 is 18.8 Å². The lowest BCUT2D eigenvalue weighted by atomic mass is 10.2. The second-order valence-corrected chi connectivity index (χ2v) is 6.50. The van der Waals surface area contributed by atoms with E-state index in [0.717, 1.165) is 11.1 Å². The molecule has 3 amide bonds. The quantitative estimate of drug-likeness (QED) is 0.750. The molecule has 2 aromatic rings. The molecule has 2 N–H and O–H groups in total. The van der Waals surface area contributed by atoms with Gasteiger partial charge in [0.15, 0.2) is 5.11 Å². The molecule has 144 valence electrons. The number of hydrogen-bond acceptors (Lipinski definition) is 4. The summed E-state index contributed by atoms with van der Waals surface area (Å²) in [7, 11) is 1.46. The van der Waals surface area contributed by atoms with E-state index in [0.29, 0.717) is 5.69 Å². The van der Waals surface area contributed by atoms with Gasteiger partial charge in [-0.05, 0) is 42.5 Å². The molecule has 1 aliphatic heterocycles. The van der Waals surface area contributed by atoms with E-state index in [1.54, 1.807) is 24.3 Å². The first-order chi connectivity index (χ1) is 13.4. The number of nitrogens with one attached hydrogen (secondary N) is 2. The van der Waals surface area contributed by atoms with E-state index >= 15 is 0 Å². The van der Waals surface area contributed by atoms with Gasteiger partial charge in [0.05, 0.1) is 6.42 Å². The first-order valence-electron chi connectivity index (χ1n) is 8.39. The Balaban J connectivity index is 1.74. The third-order valence-electron chi connectivity index (χ3n) is 4.17. The van der Waals surface area contributed by atoms with Gasteiger partial charge in [-0.3, -0.25) is 24.7 Å². The average Bonchev–Trinajstić information content (AvgIpc) is 2.87. The highest BCUT2D eigenvalue weighted by molar-refractivity contribution is 7.80. The summed E-state index contributed by atoms with van der Waals surface area (Å²) in [6, 6.07) is 12.9. The van der Waals surface area contributed by atoms with Gasteiger partial charge in [0.2, 0.25) is 5.91 Å². The van der Waals surface area contributed by atoms with Crippen molar-refractivity contribution in [3.63, 3.8) is 0 Å². The molecule has 7 nitrogen and oxygen atoms in total. The smallest absolute Gasteiger partial charge is 0.269 e. The molecule has 2 aromatic carbocycles. The molecule has 3 rings (SSSR count). The van der Waals surface area contributed by atoms with Crippen molar-refractivity contribution in [1.82, 2.24) is 15.3 Å². The number of hydrogen-bond donors (Lipinski definition) is 2. The molecule has 1 saturated heterocycles. The summed E-state index contributed by atoms with van der Waals surface area (Å²) in [6.07, 6.45) is -0.221. The molecule has 28 heavy (non-hydrogen) atoms. The molecule has 0 saturated carbocycles. The standard InChI is InChI=1S/C19H17FN4O3S/c1-23-18(27)15(11-16(25)21-14-8-3-2-4-9-14)24(19(23)28)22-17(26)12-6-5-7-13(20)10-12/h2-10,15H,11H2,1H3,(H,21,25)(H,22,26). The minimum absolute atomic E-state index is 0.0484. The fraction of sp³-hybridized carbons (Fsp3) is 0.158. The molecule has 1 heterocycles. The van der Waals surface area contributed by atoms with Crippen molar-refractivity contribution >= 4 is 40.7 Å². The zero-order chi connectivity index (χ0) is 20.3. The molecule has 1 aliphatic rings. The predicted octanol–water partition coefficient (Wildman–Crippen LogP) is 1.93. The fourth-order valence-electron chi connectivity index (χ4n) is 2.74. The number of halogens is 1. The molecule has 1 unspecified atom stereocenters. The number of hydrazine groups is 1. The fourth-order valence-corrected chi connectivity index (χ4v) is 3.00. The summed E-state index contributed by atoms with van der Waals surface area (Å²) in [5, 5.41) is 3.90. The molecule has 0 aliphatic carbocycles. The van der Waals surface area contributed by atoms with Crippen LogP contribution in [0.1, 0.15) is 16.8 Å². The number of likely N-dealkylation sites (N-methyl/N-ethyl adjacent to an activating group) is 1. The Morgan fingerprint density at radius 3 is 2.54 bits per heavy atom. The molecule has 0 aromatic heterocycles. The van der Waals surface area contributed by atoms with Crippen molar-refractivity contribution in [2.24, 2.45) is 0 Å². The molecule has 0 radical (unpaired) electrons. The predicted molar refractivity (Wildman–Crippen MR) is 105 cm³/mol. The number of para-hydroxylation sites is 1. The molecule has 9 heteroatoms. The van der Waals surface area contributed by atoms with Gasteiger partial charge in [-0.1, -0.05) is 24.3 Å². The number of nitrogens with zero attached hydrogens (tertiary/aromatic N) is 2. The van der Waals surface area contributed by atoms with Crippen molar-refractivity contribution in [2.45, 2.75) is 12.5 Å². The number of amides is 3. The van der Waals surface area contributed by atoms with Crippen LogP contribution >= 0.6 is 12.2 Å². The van der Waals surface area contributed by atoms with Gasteiger partial charge >= 0.3 is 0 Å². The van der Waals surface area contributed by atoms with Crippen LogP contribution in [0.5, 0.6) is 0 Å². The second kappa shape index (κ2) is 8.13. The Kier molecular flexibility index (Phi) is 5.65. The Hall–Kier alpha value is -3.33. The zero-order valence-electron chi connectivity index (χ0n) is 14.9. The van der Waals surface area contributed by atoms with Crippen molar-refractivity contribution in [3.05, 3.63) is 66.0 Å². The summed E-state index contributed by atoms with van der Waals surface area (Å²) < 4.78 is 13.4. The van der Waals surface area contributed by atoms with Gasteiger partial charge in [0.1, 0.15) is 11.9 Å². The van der Waals surface area contributed by atoms with E-state index < -0.39 is 29.6 Å². The van der Waals surface area contributed by atoms with Gasteiger partial charge < -0.3 is 5.32 Å². The topological polar surface area (TPSA) is 81.8 Å². The summed E-state index contributed by atoms with van der Waals surface area (Å²) in [5.41, 5.74) is 3.15. The minimum atomic E-state index is -1.00. The van der Waals surface area contributed by atoms with Crippen LogP contribution in [0, 0.1) is 5.82 Å². The van der Waals surface area contributed by atoms with E-state index in [9.17, 15) is 18.8 Å². The molecule has 0 spiro atoms. The van der Waals surface area contributed by atoms with Crippen LogP contribution in [0.15, 0.2) is 54.6 Å². The summed E-state index contributed by atoms with van der Waals surface area (Å²) in [6.45, 7) is 0. The Morgan fingerprint density at radius 2 is 1.86 bits per heavy atom. The van der Waals surface area contributed by atoms with Gasteiger partial charge in [0, 0.05) is 18.3 Å². The lowest BCUT2D eigenvalue weighted by Crippen LogP contribution is -2.49. The number of anilines is 1. The minimum Gasteiger partial charge on any atom is -0.326 e. The van der Waals surface area contributed by atoms with E-state index in [1.807, 2.05) is 6.07 Å². The first-order valence-corrected chi connectivity index (χ1v) is 8.80. The number of carbonyl (C=O) groups is 3. The highest BCUT2D eigenvalue weighted by Crippen LogP contribution is 2.19. The van der Waals surface area contributed by atoms with E-state index in [4.69, 9.17) is 12.2 Å². The van der Waals surface area contributed by atoms with Crippen LogP contribution in [0.4, 0.5) is 10.1 Å². The maximum absolute atomic E-state index is 13.4. The Labute approximate surface area is 166 Å². The molecule has 0 bridgehead atoms. The van der Waals surface area contributed by atoms with Gasteiger partial charge in [-0.15, -0.1) is 0 Å². The van der Waals surface area contributed by atoms with E-state index in [2.05, 4.69) is 10.7 Å². The average molecular weight is 400 g/mol. The number of carbonyl (C=O) groups excluding carboxylic acids is 3. The van der Waals surface area contributed by atoms with Crippen molar-refractivity contribution in [3.8, 4) is 0 Å². The molecular weight excluding hydrogens is 383 g/mol. The van der Waals surface area contributed by atoms with E-state index in [-0.39, 0.29) is 17.1 Å². The number of rotatable bonds is 5. The van der Waals surface area contributed by atoms with Gasteiger partial charge in [-0.25, -0.2) is 9.40 Å².